The van der Waals surface area contributed by atoms with Crippen LogP contribution in [0.15, 0.2) is 90.0 Å². The summed E-state index contributed by atoms with van der Waals surface area (Å²) in [6.45, 7) is 0.547. The van der Waals surface area contributed by atoms with Gasteiger partial charge in [0, 0.05) is 17.8 Å². The quantitative estimate of drug-likeness (QED) is 0.484. The molecule has 31 heavy (non-hydrogen) atoms. The van der Waals surface area contributed by atoms with Gasteiger partial charge >= 0.3 is 0 Å². The van der Waals surface area contributed by atoms with E-state index in [1.165, 1.54) is 4.68 Å². The fraction of sp³-hybridized carbons (Fsp3) is 0.0833. The Morgan fingerprint density at radius 3 is 2.45 bits per heavy atom. The molecule has 0 unspecified atom stereocenters. The first-order valence-electron chi connectivity index (χ1n) is 9.93. The van der Waals surface area contributed by atoms with Gasteiger partial charge in [-0.1, -0.05) is 54.6 Å². The molecule has 0 fully saturated rings. The average molecular weight is 409 g/mol. The van der Waals surface area contributed by atoms with Crippen molar-refractivity contribution >= 4 is 22.3 Å². The van der Waals surface area contributed by atoms with Crippen molar-refractivity contribution in [2.75, 3.05) is 0 Å². The maximum Gasteiger partial charge on any atom is 0.274 e. The molecule has 7 nitrogen and oxygen atoms in total. The van der Waals surface area contributed by atoms with Crippen LogP contribution in [0.25, 0.3) is 16.4 Å². The highest BCUT2D eigenvalue weighted by Gasteiger charge is 2.17. The van der Waals surface area contributed by atoms with Crippen LogP contribution in [0.4, 0.5) is 0 Å². The monoisotopic (exact) mass is 409 g/mol. The summed E-state index contributed by atoms with van der Waals surface area (Å²) in [6, 6.07) is 22.4. The minimum atomic E-state index is -0.352. The minimum absolute atomic E-state index is 0.217. The topological polar surface area (TPSA) is 81.3 Å². The zero-order valence-corrected chi connectivity index (χ0v) is 16.6. The minimum Gasteiger partial charge on any atom is -0.345 e. The third kappa shape index (κ3) is 3.69. The van der Waals surface area contributed by atoms with Crippen molar-refractivity contribution in [3.8, 4) is 0 Å². The number of aromatic nitrogens is 4. The van der Waals surface area contributed by atoms with Crippen LogP contribution >= 0.6 is 0 Å². The van der Waals surface area contributed by atoms with Crippen molar-refractivity contribution in [2.24, 2.45) is 0 Å². The number of pyridine rings is 1. The van der Waals surface area contributed by atoms with Gasteiger partial charge in [-0.05, 0) is 23.8 Å². The summed E-state index contributed by atoms with van der Waals surface area (Å²) in [7, 11) is 0. The van der Waals surface area contributed by atoms with E-state index >= 15 is 0 Å². The van der Waals surface area contributed by atoms with Gasteiger partial charge in [0.25, 0.3) is 11.5 Å². The summed E-state index contributed by atoms with van der Waals surface area (Å²) in [6.07, 6.45) is 3.78. The molecular weight excluding hydrogens is 390 g/mol. The van der Waals surface area contributed by atoms with Crippen LogP contribution in [-0.4, -0.2) is 25.1 Å². The van der Waals surface area contributed by atoms with Gasteiger partial charge in [-0.25, -0.2) is 9.67 Å². The van der Waals surface area contributed by atoms with Crippen LogP contribution in [0.1, 0.15) is 21.7 Å². The molecule has 0 bridgehead atoms. The summed E-state index contributed by atoms with van der Waals surface area (Å²) in [5.41, 5.74) is 2.47. The van der Waals surface area contributed by atoms with Crippen molar-refractivity contribution in [3.63, 3.8) is 0 Å². The van der Waals surface area contributed by atoms with Gasteiger partial charge in [-0.3, -0.25) is 9.59 Å². The molecule has 3 aromatic heterocycles. The first-order chi connectivity index (χ1) is 15.2. The Balaban J connectivity index is 1.48. The second kappa shape index (κ2) is 7.87. The summed E-state index contributed by atoms with van der Waals surface area (Å²) in [4.78, 5) is 30.5. The van der Waals surface area contributed by atoms with Crippen molar-refractivity contribution < 1.29 is 4.79 Å². The number of nitrogens with one attached hydrogen (secondary N) is 1. The molecule has 152 valence electrons. The van der Waals surface area contributed by atoms with E-state index < -0.39 is 0 Å². The lowest BCUT2D eigenvalue weighted by molar-refractivity contribution is 0.0945. The first-order valence-corrected chi connectivity index (χ1v) is 9.93. The van der Waals surface area contributed by atoms with E-state index in [4.69, 9.17) is 0 Å². The van der Waals surface area contributed by atoms with E-state index in [0.717, 1.165) is 16.9 Å². The van der Waals surface area contributed by atoms with Crippen LogP contribution in [0, 0.1) is 0 Å². The number of benzene rings is 2. The highest BCUT2D eigenvalue weighted by Crippen LogP contribution is 2.14. The SMILES string of the molecule is O=C(NCc1cn2ccccc2n1)c1nn(Cc2ccccc2)c(=O)c2ccccc12. The number of carbonyl (C=O) groups excluding carboxylic acids is 1. The Labute approximate surface area is 177 Å². The maximum atomic E-state index is 13.0. The van der Waals surface area contributed by atoms with E-state index in [0.29, 0.717) is 10.8 Å². The van der Waals surface area contributed by atoms with Crippen molar-refractivity contribution in [1.82, 2.24) is 24.5 Å². The van der Waals surface area contributed by atoms with E-state index in [2.05, 4.69) is 15.4 Å². The Morgan fingerprint density at radius 2 is 1.65 bits per heavy atom. The van der Waals surface area contributed by atoms with Gasteiger partial charge in [-0.2, -0.15) is 5.10 Å². The molecule has 2 aromatic carbocycles. The predicted octanol–water partition coefficient (Wildman–Crippen LogP) is 3.02. The molecule has 0 aliphatic rings. The first kappa shape index (κ1) is 18.7. The number of amides is 1. The molecule has 1 N–H and O–H groups in total. The zero-order chi connectivity index (χ0) is 21.2. The van der Waals surface area contributed by atoms with Crippen molar-refractivity contribution in [2.45, 2.75) is 13.1 Å². The van der Waals surface area contributed by atoms with E-state index in [1.807, 2.05) is 65.3 Å². The average Bonchev–Trinajstić information content (AvgIpc) is 3.23. The van der Waals surface area contributed by atoms with Gasteiger partial charge < -0.3 is 9.72 Å². The lowest BCUT2D eigenvalue weighted by Crippen LogP contribution is -2.30. The molecule has 0 saturated heterocycles. The van der Waals surface area contributed by atoms with Crippen LogP contribution in [-0.2, 0) is 13.1 Å². The Kier molecular flexibility index (Phi) is 4.76. The number of rotatable bonds is 5. The van der Waals surface area contributed by atoms with Gasteiger partial charge in [0.1, 0.15) is 5.65 Å². The van der Waals surface area contributed by atoms with E-state index in [1.54, 1.807) is 24.3 Å². The number of imidazole rings is 1. The summed E-state index contributed by atoms with van der Waals surface area (Å²) >= 11 is 0. The molecule has 0 spiro atoms. The zero-order valence-electron chi connectivity index (χ0n) is 16.6. The highest BCUT2D eigenvalue weighted by molar-refractivity contribution is 6.04. The van der Waals surface area contributed by atoms with Crippen molar-refractivity contribution in [1.29, 1.82) is 0 Å². The molecule has 1 amide bonds. The Morgan fingerprint density at radius 1 is 0.903 bits per heavy atom. The standard InChI is InChI=1S/C24H19N5O2/c30-23(25-14-18-16-28-13-7-6-12-21(28)26-18)22-19-10-4-5-11-20(19)24(31)29(27-22)15-17-8-2-1-3-9-17/h1-13,16H,14-15H2,(H,25,30). The molecule has 0 radical (unpaired) electrons. The molecule has 0 aliphatic carbocycles. The van der Waals surface area contributed by atoms with Crippen LogP contribution < -0.4 is 10.9 Å². The second-order valence-corrected chi connectivity index (χ2v) is 7.22. The third-order valence-corrected chi connectivity index (χ3v) is 5.10. The summed E-state index contributed by atoms with van der Waals surface area (Å²) < 4.78 is 3.24. The lowest BCUT2D eigenvalue weighted by Gasteiger charge is -2.11. The lowest BCUT2D eigenvalue weighted by atomic mass is 10.1. The fourth-order valence-electron chi connectivity index (χ4n) is 3.59. The summed E-state index contributed by atoms with van der Waals surface area (Å²) in [5.74, 6) is -0.352. The van der Waals surface area contributed by atoms with Crippen LogP contribution in [0.3, 0.4) is 0 Å². The highest BCUT2D eigenvalue weighted by atomic mass is 16.2. The molecule has 5 rings (SSSR count). The predicted molar refractivity (Wildman–Crippen MR) is 118 cm³/mol. The Bertz CT molecular complexity index is 1420. The molecule has 0 atom stereocenters. The van der Waals surface area contributed by atoms with Crippen molar-refractivity contribution in [3.05, 3.63) is 112 Å². The number of fused-ring (bicyclic) bond motifs is 2. The fourth-order valence-corrected chi connectivity index (χ4v) is 3.59. The Hall–Kier alpha value is -4.26. The van der Waals surface area contributed by atoms with Gasteiger partial charge in [0.05, 0.1) is 24.2 Å². The summed E-state index contributed by atoms with van der Waals surface area (Å²) in [5, 5.41) is 8.30. The van der Waals surface area contributed by atoms with Gasteiger partial charge in [0.15, 0.2) is 5.69 Å². The molecule has 5 aromatic rings. The van der Waals surface area contributed by atoms with Gasteiger partial charge in [0.2, 0.25) is 0 Å². The second-order valence-electron chi connectivity index (χ2n) is 7.22. The number of nitrogens with zero attached hydrogens (tertiary/aromatic N) is 4. The van der Waals surface area contributed by atoms with E-state index in [-0.39, 0.29) is 30.2 Å². The van der Waals surface area contributed by atoms with E-state index in [9.17, 15) is 9.59 Å². The molecule has 3 heterocycles. The normalized spacial score (nSPS) is 11.1. The molecule has 7 heteroatoms. The largest absolute Gasteiger partial charge is 0.345 e. The van der Waals surface area contributed by atoms with Crippen LogP contribution in [0.5, 0.6) is 0 Å². The smallest absolute Gasteiger partial charge is 0.274 e. The molecular formula is C24H19N5O2. The van der Waals surface area contributed by atoms with Gasteiger partial charge in [-0.15, -0.1) is 0 Å². The molecule has 0 saturated carbocycles. The number of hydrogen-bond acceptors (Lipinski definition) is 4. The van der Waals surface area contributed by atoms with Crippen LogP contribution in [0.2, 0.25) is 0 Å². The third-order valence-electron chi connectivity index (χ3n) is 5.10. The number of hydrogen-bond donors (Lipinski definition) is 1. The number of carbonyl (C=O) groups is 1. The maximum absolute atomic E-state index is 13.0. The molecule has 0 aliphatic heterocycles.